The molecule has 7 heteroatoms. The number of carbonyl (C=O) groups is 2. The van der Waals surface area contributed by atoms with E-state index in [2.05, 4.69) is 15.6 Å². The monoisotopic (exact) mass is 279 g/mol. The number of amides is 2. The summed E-state index contributed by atoms with van der Waals surface area (Å²) >= 11 is 1.23. The summed E-state index contributed by atoms with van der Waals surface area (Å²) in [5, 5.41) is 7.05. The molecule has 0 atom stereocenters. The number of rotatable bonds is 4. The molecule has 0 spiro atoms. The lowest BCUT2D eigenvalue weighted by Crippen LogP contribution is -2.35. The first-order valence-electron chi connectivity index (χ1n) is 5.79. The van der Waals surface area contributed by atoms with Crippen LogP contribution < -0.4 is 10.6 Å². The Labute approximate surface area is 113 Å². The lowest BCUT2D eigenvalue weighted by molar-refractivity contribution is -0.136. The van der Waals surface area contributed by atoms with Crippen molar-refractivity contribution in [3.8, 4) is 11.5 Å². The smallest absolute Gasteiger partial charge is 0.315 e. The molecule has 0 radical (unpaired) electrons. The predicted octanol–water partition coefficient (Wildman–Crippen LogP) is 1.87. The van der Waals surface area contributed by atoms with Crippen molar-refractivity contribution < 1.29 is 14.0 Å². The maximum Gasteiger partial charge on any atom is 0.315 e. The molecule has 0 aliphatic carbocycles. The largest absolute Gasteiger partial charge is 0.463 e. The Balaban J connectivity index is 1.96. The number of aromatic nitrogens is 1. The fourth-order valence-corrected chi connectivity index (χ4v) is 2.04. The summed E-state index contributed by atoms with van der Waals surface area (Å²) < 4.78 is 5.19. The third kappa shape index (κ3) is 3.41. The molecule has 6 nitrogen and oxygen atoms in total. The van der Waals surface area contributed by atoms with Crippen molar-refractivity contribution in [1.29, 1.82) is 0 Å². The average molecular weight is 279 g/mol. The molecule has 0 fully saturated rings. The van der Waals surface area contributed by atoms with Crippen LogP contribution in [0, 0.1) is 0 Å². The van der Waals surface area contributed by atoms with Crippen LogP contribution in [-0.4, -0.2) is 23.3 Å². The van der Waals surface area contributed by atoms with E-state index in [-0.39, 0.29) is 0 Å². The number of furan rings is 1. The second-order valence-electron chi connectivity index (χ2n) is 3.73. The highest BCUT2D eigenvalue weighted by atomic mass is 32.1. The minimum absolute atomic E-state index is 0.364. The molecule has 2 heterocycles. The summed E-state index contributed by atoms with van der Waals surface area (Å²) in [4.78, 5) is 27.1. The molecule has 2 N–H and O–H groups in total. The zero-order chi connectivity index (χ0) is 13.7. The van der Waals surface area contributed by atoms with Crippen molar-refractivity contribution in [2.45, 2.75) is 13.3 Å². The van der Waals surface area contributed by atoms with Gasteiger partial charge in [0.15, 0.2) is 10.9 Å². The molecule has 0 bridgehead atoms. The zero-order valence-corrected chi connectivity index (χ0v) is 11.1. The van der Waals surface area contributed by atoms with Gasteiger partial charge in [-0.1, -0.05) is 6.92 Å². The van der Waals surface area contributed by atoms with Crippen LogP contribution in [0.25, 0.3) is 11.5 Å². The van der Waals surface area contributed by atoms with Gasteiger partial charge in [-0.05, 0) is 18.6 Å². The highest BCUT2D eigenvalue weighted by Crippen LogP contribution is 2.24. The summed E-state index contributed by atoms with van der Waals surface area (Å²) in [6.07, 6.45) is 2.32. The van der Waals surface area contributed by atoms with Gasteiger partial charge in [0, 0.05) is 11.9 Å². The van der Waals surface area contributed by atoms with Crippen molar-refractivity contribution in [3.05, 3.63) is 23.8 Å². The van der Waals surface area contributed by atoms with Crippen LogP contribution in [0.4, 0.5) is 5.13 Å². The van der Waals surface area contributed by atoms with Gasteiger partial charge in [0.2, 0.25) is 0 Å². The molecular weight excluding hydrogens is 266 g/mol. The molecular formula is C12H13N3O3S. The maximum absolute atomic E-state index is 11.5. The van der Waals surface area contributed by atoms with Gasteiger partial charge in [-0.3, -0.25) is 14.9 Å². The topological polar surface area (TPSA) is 84.2 Å². The Morgan fingerprint density at radius 1 is 1.42 bits per heavy atom. The fraction of sp³-hybridized carbons (Fsp3) is 0.250. The Kier molecular flexibility index (Phi) is 4.30. The van der Waals surface area contributed by atoms with E-state index in [0.717, 1.165) is 6.42 Å². The lowest BCUT2D eigenvalue weighted by atomic mass is 10.4. The molecule has 2 rings (SSSR count). The van der Waals surface area contributed by atoms with Crippen LogP contribution in [-0.2, 0) is 9.59 Å². The second kappa shape index (κ2) is 6.14. The van der Waals surface area contributed by atoms with Crippen molar-refractivity contribution in [2.24, 2.45) is 0 Å². The molecule has 2 aromatic heterocycles. The highest BCUT2D eigenvalue weighted by Gasteiger charge is 2.15. The van der Waals surface area contributed by atoms with E-state index in [9.17, 15) is 9.59 Å². The highest BCUT2D eigenvalue weighted by molar-refractivity contribution is 7.14. The third-order valence-electron chi connectivity index (χ3n) is 2.24. The molecule has 0 aliphatic rings. The van der Waals surface area contributed by atoms with Crippen LogP contribution in [0.15, 0.2) is 28.2 Å². The molecule has 19 heavy (non-hydrogen) atoms. The number of anilines is 1. The van der Waals surface area contributed by atoms with Gasteiger partial charge in [0.25, 0.3) is 0 Å². The Hall–Kier alpha value is -2.15. The quantitative estimate of drug-likeness (QED) is 0.837. The number of hydrogen-bond donors (Lipinski definition) is 2. The van der Waals surface area contributed by atoms with Crippen LogP contribution in [0.5, 0.6) is 0 Å². The van der Waals surface area contributed by atoms with Gasteiger partial charge < -0.3 is 9.73 Å². The van der Waals surface area contributed by atoms with Gasteiger partial charge in [-0.25, -0.2) is 4.98 Å². The third-order valence-corrected chi connectivity index (χ3v) is 3.00. The molecule has 2 aromatic rings. The number of thiazole rings is 1. The van der Waals surface area contributed by atoms with Crippen LogP contribution in [0.2, 0.25) is 0 Å². The number of carbonyl (C=O) groups excluding carboxylic acids is 2. The molecule has 0 saturated heterocycles. The van der Waals surface area contributed by atoms with Crippen molar-refractivity contribution in [2.75, 3.05) is 11.9 Å². The zero-order valence-electron chi connectivity index (χ0n) is 10.3. The standard InChI is InChI=1S/C12H13N3O3S/c1-2-5-13-10(16)11(17)15-12-14-8(7-19-12)9-4-3-6-18-9/h3-4,6-7H,2,5H2,1H3,(H,13,16)(H,14,15,17). The first-order valence-corrected chi connectivity index (χ1v) is 6.67. The van der Waals surface area contributed by atoms with Crippen molar-refractivity contribution >= 4 is 28.3 Å². The molecule has 0 saturated carbocycles. The summed E-state index contributed by atoms with van der Waals surface area (Å²) in [7, 11) is 0. The van der Waals surface area contributed by atoms with E-state index in [1.54, 1.807) is 23.8 Å². The van der Waals surface area contributed by atoms with Crippen LogP contribution >= 0.6 is 11.3 Å². The first-order chi connectivity index (χ1) is 9.20. The number of hydrogen-bond acceptors (Lipinski definition) is 5. The van der Waals surface area contributed by atoms with Gasteiger partial charge in [0.1, 0.15) is 5.69 Å². The predicted molar refractivity (Wildman–Crippen MR) is 71.7 cm³/mol. The minimum atomic E-state index is -0.714. The molecule has 100 valence electrons. The van der Waals surface area contributed by atoms with E-state index in [4.69, 9.17) is 4.42 Å². The summed E-state index contributed by atoms with van der Waals surface area (Å²) in [5.41, 5.74) is 0.624. The van der Waals surface area contributed by atoms with Crippen LogP contribution in [0.1, 0.15) is 13.3 Å². The van der Waals surface area contributed by atoms with Gasteiger partial charge >= 0.3 is 11.8 Å². The second-order valence-corrected chi connectivity index (χ2v) is 4.58. The lowest BCUT2D eigenvalue weighted by Gasteiger charge is -2.02. The van der Waals surface area contributed by atoms with E-state index < -0.39 is 11.8 Å². The Morgan fingerprint density at radius 3 is 2.95 bits per heavy atom. The Morgan fingerprint density at radius 2 is 2.26 bits per heavy atom. The van der Waals surface area contributed by atoms with E-state index in [1.165, 1.54) is 11.3 Å². The first kappa shape index (κ1) is 13.3. The van der Waals surface area contributed by atoms with Crippen molar-refractivity contribution in [3.63, 3.8) is 0 Å². The average Bonchev–Trinajstić information content (AvgIpc) is 3.05. The number of nitrogens with zero attached hydrogens (tertiary/aromatic N) is 1. The summed E-state index contributed by atoms with van der Waals surface area (Å²) in [6.45, 7) is 2.39. The van der Waals surface area contributed by atoms with Crippen molar-refractivity contribution in [1.82, 2.24) is 10.3 Å². The van der Waals surface area contributed by atoms with E-state index >= 15 is 0 Å². The minimum Gasteiger partial charge on any atom is -0.463 e. The summed E-state index contributed by atoms with van der Waals surface area (Å²) in [5.74, 6) is -0.752. The molecule has 2 amide bonds. The van der Waals surface area contributed by atoms with E-state index in [1.807, 2.05) is 6.92 Å². The summed E-state index contributed by atoms with van der Waals surface area (Å²) in [6, 6.07) is 3.53. The SMILES string of the molecule is CCCNC(=O)C(=O)Nc1nc(-c2ccco2)cs1. The van der Waals surface area contributed by atoms with Gasteiger partial charge in [-0.15, -0.1) is 11.3 Å². The number of nitrogens with one attached hydrogen (secondary N) is 2. The molecule has 0 aromatic carbocycles. The van der Waals surface area contributed by atoms with Gasteiger partial charge in [0.05, 0.1) is 6.26 Å². The molecule has 0 aliphatic heterocycles. The Bertz CT molecular complexity index is 563. The normalized spacial score (nSPS) is 10.2. The maximum atomic E-state index is 11.5. The van der Waals surface area contributed by atoms with Gasteiger partial charge in [-0.2, -0.15) is 0 Å². The van der Waals surface area contributed by atoms with E-state index in [0.29, 0.717) is 23.1 Å². The van der Waals surface area contributed by atoms with Crippen LogP contribution in [0.3, 0.4) is 0 Å². The molecule has 0 unspecified atom stereocenters. The fourth-order valence-electron chi connectivity index (χ4n) is 1.34.